The second-order valence-corrected chi connectivity index (χ2v) is 6.47. The first-order valence-electron chi connectivity index (χ1n) is 6.99. The number of hydrogen-bond acceptors (Lipinski definition) is 4. The number of nitrogens with one attached hydrogen (secondary N) is 1. The highest BCUT2D eigenvalue weighted by atomic mass is 32.1. The zero-order valence-electron chi connectivity index (χ0n) is 12.7. The van der Waals surface area contributed by atoms with Crippen molar-refractivity contribution in [3.05, 3.63) is 35.3 Å². The summed E-state index contributed by atoms with van der Waals surface area (Å²) < 4.78 is 0. The average Bonchev–Trinajstić information content (AvgIpc) is 2.87. The van der Waals surface area contributed by atoms with Crippen LogP contribution < -0.4 is 10.2 Å². The monoisotopic (exact) mass is 289 g/mol. The van der Waals surface area contributed by atoms with E-state index in [0.29, 0.717) is 5.92 Å². The van der Waals surface area contributed by atoms with Crippen molar-refractivity contribution >= 4 is 17.0 Å². The number of aromatic nitrogens is 1. The topological polar surface area (TPSA) is 28.2 Å². The normalized spacial score (nSPS) is 11.1. The van der Waals surface area contributed by atoms with Crippen LogP contribution in [0.2, 0.25) is 0 Å². The maximum Gasteiger partial charge on any atom is 0.123 e. The number of nitrogens with zero attached hydrogens (tertiary/aromatic N) is 2. The van der Waals surface area contributed by atoms with Crippen LogP contribution in [0.3, 0.4) is 0 Å². The third-order valence-electron chi connectivity index (χ3n) is 3.04. The fourth-order valence-corrected chi connectivity index (χ4v) is 2.74. The molecule has 0 atom stereocenters. The van der Waals surface area contributed by atoms with Crippen molar-refractivity contribution in [3.8, 4) is 10.6 Å². The number of anilines is 1. The SMILES string of the molecule is CC(C)CNCc1csc(-c2ccc(N(C)C)cc2)n1. The van der Waals surface area contributed by atoms with Gasteiger partial charge in [-0.3, -0.25) is 0 Å². The molecular weight excluding hydrogens is 266 g/mol. The molecule has 0 unspecified atom stereocenters. The van der Waals surface area contributed by atoms with Crippen molar-refractivity contribution in [3.63, 3.8) is 0 Å². The molecule has 2 rings (SSSR count). The quantitative estimate of drug-likeness (QED) is 0.880. The highest BCUT2D eigenvalue weighted by Crippen LogP contribution is 2.25. The Morgan fingerprint density at radius 2 is 1.90 bits per heavy atom. The van der Waals surface area contributed by atoms with Crippen molar-refractivity contribution in [1.29, 1.82) is 0 Å². The minimum atomic E-state index is 0.673. The van der Waals surface area contributed by atoms with Crippen LogP contribution in [0.4, 0.5) is 5.69 Å². The Hall–Kier alpha value is -1.39. The molecule has 1 N–H and O–H groups in total. The first-order valence-corrected chi connectivity index (χ1v) is 7.87. The van der Waals surface area contributed by atoms with Gasteiger partial charge in [0.05, 0.1) is 5.69 Å². The predicted molar refractivity (Wildman–Crippen MR) is 88.4 cm³/mol. The smallest absolute Gasteiger partial charge is 0.123 e. The lowest BCUT2D eigenvalue weighted by atomic mass is 10.2. The van der Waals surface area contributed by atoms with Crippen LogP contribution in [-0.2, 0) is 6.54 Å². The molecule has 0 spiro atoms. The van der Waals surface area contributed by atoms with Gasteiger partial charge in [0.2, 0.25) is 0 Å². The molecule has 108 valence electrons. The number of benzene rings is 1. The first kappa shape index (κ1) is 15.0. The summed E-state index contributed by atoms with van der Waals surface area (Å²) in [5, 5.41) is 6.66. The second-order valence-electron chi connectivity index (χ2n) is 5.61. The van der Waals surface area contributed by atoms with Gasteiger partial charge in [-0.2, -0.15) is 0 Å². The number of thiazole rings is 1. The van der Waals surface area contributed by atoms with Gasteiger partial charge in [-0.1, -0.05) is 13.8 Å². The number of hydrogen-bond donors (Lipinski definition) is 1. The summed E-state index contributed by atoms with van der Waals surface area (Å²) >= 11 is 1.71. The van der Waals surface area contributed by atoms with Gasteiger partial charge in [0.25, 0.3) is 0 Å². The maximum atomic E-state index is 4.69. The molecular formula is C16H23N3S. The molecule has 0 saturated heterocycles. The van der Waals surface area contributed by atoms with Gasteiger partial charge in [-0.25, -0.2) is 4.98 Å². The molecule has 0 amide bonds. The molecule has 2 aromatic rings. The summed E-state index contributed by atoms with van der Waals surface area (Å²) in [7, 11) is 4.10. The predicted octanol–water partition coefficient (Wildman–Crippen LogP) is 3.62. The van der Waals surface area contributed by atoms with E-state index in [-0.39, 0.29) is 0 Å². The van der Waals surface area contributed by atoms with Crippen molar-refractivity contribution in [2.75, 3.05) is 25.5 Å². The van der Waals surface area contributed by atoms with Gasteiger partial charge >= 0.3 is 0 Å². The molecule has 4 heteroatoms. The Labute approximate surface area is 125 Å². The van der Waals surface area contributed by atoms with Gasteiger partial charge in [-0.15, -0.1) is 11.3 Å². The lowest BCUT2D eigenvalue weighted by Crippen LogP contribution is -2.19. The van der Waals surface area contributed by atoms with E-state index in [2.05, 4.69) is 67.8 Å². The summed E-state index contributed by atoms with van der Waals surface area (Å²) in [4.78, 5) is 6.80. The Kier molecular flexibility index (Phi) is 5.15. The summed E-state index contributed by atoms with van der Waals surface area (Å²) in [5.74, 6) is 0.673. The average molecular weight is 289 g/mol. The summed E-state index contributed by atoms with van der Waals surface area (Å²) in [6, 6.07) is 8.54. The third-order valence-corrected chi connectivity index (χ3v) is 3.98. The lowest BCUT2D eigenvalue weighted by molar-refractivity contribution is 0.549. The minimum Gasteiger partial charge on any atom is -0.378 e. The third kappa shape index (κ3) is 4.05. The zero-order valence-corrected chi connectivity index (χ0v) is 13.5. The van der Waals surface area contributed by atoms with Crippen molar-refractivity contribution < 1.29 is 0 Å². The maximum absolute atomic E-state index is 4.69. The molecule has 0 radical (unpaired) electrons. The van der Waals surface area contributed by atoms with E-state index in [1.54, 1.807) is 11.3 Å². The Morgan fingerprint density at radius 3 is 2.50 bits per heavy atom. The van der Waals surface area contributed by atoms with E-state index in [1.165, 1.54) is 11.3 Å². The van der Waals surface area contributed by atoms with E-state index in [4.69, 9.17) is 4.98 Å². The molecule has 0 aliphatic carbocycles. The zero-order chi connectivity index (χ0) is 14.5. The van der Waals surface area contributed by atoms with Gasteiger partial charge in [0.15, 0.2) is 0 Å². The molecule has 0 bridgehead atoms. The van der Waals surface area contributed by atoms with Crippen LogP contribution in [0.5, 0.6) is 0 Å². The van der Waals surface area contributed by atoms with Crippen LogP contribution >= 0.6 is 11.3 Å². The van der Waals surface area contributed by atoms with E-state index in [0.717, 1.165) is 23.8 Å². The Bertz CT molecular complexity index is 529. The first-order chi connectivity index (χ1) is 9.56. The molecule has 0 saturated carbocycles. The van der Waals surface area contributed by atoms with E-state index in [1.807, 2.05) is 0 Å². The van der Waals surface area contributed by atoms with Gasteiger partial charge in [0, 0.05) is 37.3 Å². The fourth-order valence-electron chi connectivity index (χ4n) is 1.91. The molecule has 0 aliphatic heterocycles. The van der Waals surface area contributed by atoms with Crippen LogP contribution in [0.15, 0.2) is 29.6 Å². The molecule has 0 fully saturated rings. The van der Waals surface area contributed by atoms with Crippen LogP contribution in [-0.4, -0.2) is 25.6 Å². The molecule has 1 aromatic carbocycles. The molecule has 20 heavy (non-hydrogen) atoms. The molecule has 1 aromatic heterocycles. The van der Waals surface area contributed by atoms with Crippen molar-refractivity contribution in [1.82, 2.24) is 10.3 Å². The van der Waals surface area contributed by atoms with Crippen LogP contribution in [0.1, 0.15) is 19.5 Å². The standard InChI is InChI=1S/C16H23N3S/c1-12(2)9-17-10-14-11-20-16(18-14)13-5-7-15(8-6-13)19(3)4/h5-8,11-12,17H,9-10H2,1-4H3. The summed E-state index contributed by atoms with van der Waals surface area (Å²) in [5.41, 5.74) is 3.53. The van der Waals surface area contributed by atoms with Gasteiger partial charge in [-0.05, 0) is 36.7 Å². The van der Waals surface area contributed by atoms with E-state index in [9.17, 15) is 0 Å². The van der Waals surface area contributed by atoms with Crippen LogP contribution in [0.25, 0.3) is 10.6 Å². The van der Waals surface area contributed by atoms with E-state index < -0.39 is 0 Å². The largest absolute Gasteiger partial charge is 0.378 e. The van der Waals surface area contributed by atoms with Gasteiger partial charge < -0.3 is 10.2 Å². The van der Waals surface area contributed by atoms with Crippen molar-refractivity contribution in [2.24, 2.45) is 5.92 Å². The lowest BCUT2D eigenvalue weighted by Gasteiger charge is -2.12. The van der Waals surface area contributed by atoms with Crippen LogP contribution in [0, 0.1) is 5.92 Å². The Morgan fingerprint density at radius 1 is 1.20 bits per heavy atom. The molecule has 3 nitrogen and oxygen atoms in total. The van der Waals surface area contributed by atoms with Crippen molar-refractivity contribution in [2.45, 2.75) is 20.4 Å². The second kappa shape index (κ2) is 6.86. The highest BCUT2D eigenvalue weighted by Gasteiger charge is 2.05. The fraction of sp³-hybridized carbons (Fsp3) is 0.438. The van der Waals surface area contributed by atoms with Gasteiger partial charge in [0.1, 0.15) is 5.01 Å². The minimum absolute atomic E-state index is 0.673. The van der Waals surface area contributed by atoms with E-state index >= 15 is 0 Å². The Balaban J connectivity index is 2.01. The summed E-state index contributed by atoms with van der Waals surface area (Å²) in [6.07, 6.45) is 0. The summed E-state index contributed by atoms with van der Waals surface area (Å²) in [6.45, 7) is 6.31. The number of rotatable bonds is 6. The molecule has 0 aliphatic rings. The highest BCUT2D eigenvalue weighted by molar-refractivity contribution is 7.13. The molecule has 1 heterocycles.